The Morgan fingerprint density at radius 1 is 1.32 bits per heavy atom. The zero-order valence-electron chi connectivity index (χ0n) is 12.0. The number of rotatable bonds is 1. The Kier molecular flexibility index (Phi) is 4.12. The van der Waals surface area contributed by atoms with Gasteiger partial charge in [-0.2, -0.15) is 5.10 Å². The summed E-state index contributed by atoms with van der Waals surface area (Å²) >= 11 is 0. The Morgan fingerprint density at radius 2 is 2.11 bits per heavy atom. The van der Waals surface area contributed by atoms with Crippen LogP contribution in [-0.2, 0) is 4.74 Å². The van der Waals surface area contributed by atoms with E-state index in [2.05, 4.69) is 5.10 Å². The lowest BCUT2D eigenvalue weighted by atomic mass is 10.1. The quantitative estimate of drug-likeness (QED) is 0.784. The first kappa shape index (κ1) is 13.9. The molecule has 1 aromatic heterocycles. The third kappa shape index (κ3) is 3.98. The summed E-state index contributed by atoms with van der Waals surface area (Å²) in [6.07, 6.45) is 6.57. The molecule has 1 aliphatic rings. The van der Waals surface area contributed by atoms with Gasteiger partial charge in [-0.25, -0.2) is 4.79 Å². The lowest BCUT2D eigenvalue weighted by Gasteiger charge is -2.26. The zero-order valence-corrected chi connectivity index (χ0v) is 12.0. The number of likely N-dealkylation sites (tertiary alicyclic amines) is 1. The van der Waals surface area contributed by atoms with Crippen LogP contribution in [0.15, 0.2) is 18.5 Å². The molecule has 2 heterocycles. The van der Waals surface area contributed by atoms with Gasteiger partial charge in [-0.1, -0.05) is 0 Å². The average Bonchev–Trinajstić information content (AvgIpc) is 2.71. The number of ether oxygens (including phenoxy) is 1. The molecule has 106 valence electrons. The van der Waals surface area contributed by atoms with Crippen LogP contribution >= 0.6 is 0 Å². The molecule has 2 rings (SSSR count). The first-order valence-corrected chi connectivity index (χ1v) is 6.93. The van der Waals surface area contributed by atoms with E-state index in [-0.39, 0.29) is 6.09 Å². The maximum absolute atomic E-state index is 12.0. The molecule has 1 atom stereocenters. The zero-order chi connectivity index (χ0) is 13.9. The molecule has 1 fully saturated rings. The van der Waals surface area contributed by atoms with Crippen molar-refractivity contribution in [1.82, 2.24) is 14.7 Å². The third-order valence-corrected chi connectivity index (χ3v) is 3.25. The minimum atomic E-state index is -0.426. The van der Waals surface area contributed by atoms with Gasteiger partial charge >= 0.3 is 6.09 Å². The van der Waals surface area contributed by atoms with Crippen LogP contribution in [0.1, 0.15) is 46.1 Å². The van der Waals surface area contributed by atoms with Crippen LogP contribution < -0.4 is 0 Å². The first-order chi connectivity index (χ1) is 8.96. The largest absolute Gasteiger partial charge is 0.444 e. The number of nitrogens with zero attached hydrogens (tertiary/aromatic N) is 3. The summed E-state index contributed by atoms with van der Waals surface area (Å²) in [5.74, 6) is 0. The Bertz CT molecular complexity index is 409. The van der Waals surface area contributed by atoms with E-state index in [4.69, 9.17) is 4.74 Å². The number of amides is 1. The molecule has 1 aromatic rings. The SMILES string of the molecule is CC(C)(C)OC(=O)N1CCCC(n2cccn2)CC1. The molecule has 1 unspecified atom stereocenters. The van der Waals surface area contributed by atoms with Gasteiger partial charge in [0.1, 0.15) is 5.60 Å². The molecule has 0 aliphatic carbocycles. The molecule has 0 saturated carbocycles. The van der Waals surface area contributed by atoms with Crippen LogP contribution in [0.4, 0.5) is 4.79 Å². The van der Waals surface area contributed by atoms with Gasteiger partial charge in [-0.05, 0) is 46.1 Å². The lowest BCUT2D eigenvalue weighted by Crippen LogP contribution is -2.37. The van der Waals surface area contributed by atoms with Gasteiger partial charge in [0, 0.05) is 25.5 Å². The van der Waals surface area contributed by atoms with Crippen LogP contribution in [0.25, 0.3) is 0 Å². The normalized spacial score (nSPS) is 21.0. The Hall–Kier alpha value is -1.52. The maximum Gasteiger partial charge on any atom is 0.410 e. The second-order valence-corrected chi connectivity index (χ2v) is 6.04. The summed E-state index contributed by atoms with van der Waals surface area (Å²) in [4.78, 5) is 13.9. The fraction of sp³-hybridized carbons (Fsp3) is 0.714. The van der Waals surface area contributed by atoms with Crippen molar-refractivity contribution in [2.75, 3.05) is 13.1 Å². The van der Waals surface area contributed by atoms with E-state index in [0.29, 0.717) is 6.04 Å². The highest BCUT2D eigenvalue weighted by molar-refractivity contribution is 5.68. The van der Waals surface area contributed by atoms with Crippen LogP contribution in [0.3, 0.4) is 0 Å². The van der Waals surface area contributed by atoms with Gasteiger partial charge < -0.3 is 9.64 Å². The summed E-state index contributed by atoms with van der Waals surface area (Å²) in [5.41, 5.74) is -0.426. The molecule has 0 aromatic carbocycles. The Labute approximate surface area is 114 Å². The summed E-state index contributed by atoms with van der Waals surface area (Å²) in [6.45, 7) is 7.20. The molecule has 0 radical (unpaired) electrons. The molecule has 1 amide bonds. The van der Waals surface area contributed by atoms with E-state index < -0.39 is 5.60 Å². The predicted octanol–water partition coefficient (Wildman–Crippen LogP) is 2.85. The number of hydrogen-bond donors (Lipinski definition) is 0. The number of carbonyl (C=O) groups is 1. The molecule has 0 spiro atoms. The molecule has 0 bridgehead atoms. The summed E-state index contributed by atoms with van der Waals surface area (Å²) in [7, 11) is 0. The first-order valence-electron chi connectivity index (χ1n) is 6.93. The smallest absolute Gasteiger partial charge is 0.410 e. The maximum atomic E-state index is 12.0. The molecule has 5 nitrogen and oxygen atoms in total. The molecular weight excluding hydrogens is 242 g/mol. The standard InChI is InChI=1S/C14H23N3O2/c1-14(2,3)19-13(18)16-9-4-6-12(7-11-16)17-10-5-8-15-17/h5,8,10,12H,4,6-7,9,11H2,1-3H3. The van der Waals surface area contributed by atoms with Gasteiger partial charge in [0.25, 0.3) is 0 Å². The van der Waals surface area contributed by atoms with Crippen molar-refractivity contribution in [2.45, 2.75) is 51.7 Å². The number of hydrogen-bond acceptors (Lipinski definition) is 3. The topological polar surface area (TPSA) is 47.4 Å². The Balaban J connectivity index is 1.91. The van der Waals surface area contributed by atoms with E-state index >= 15 is 0 Å². The van der Waals surface area contributed by atoms with E-state index in [1.54, 1.807) is 6.20 Å². The molecule has 19 heavy (non-hydrogen) atoms. The number of aromatic nitrogens is 2. The van der Waals surface area contributed by atoms with Crippen molar-refractivity contribution in [2.24, 2.45) is 0 Å². The summed E-state index contributed by atoms with van der Waals surface area (Å²) in [6, 6.07) is 2.33. The average molecular weight is 265 g/mol. The summed E-state index contributed by atoms with van der Waals surface area (Å²) < 4.78 is 7.42. The van der Waals surface area contributed by atoms with Crippen molar-refractivity contribution in [3.8, 4) is 0 Å². The predicted molar refractivity (Wildman–Crippen MR) is 72.9 cm³/mol. The molecule has 5 heteroatoms. The highest BCUT2D eigenvalue weighted by atomic mass is 16.6. The van der Waals surface area contributed by atoms with Gasteiger partial charge in [0.2, 0.25) is 0 Å². The van der Waals surface area contributed by atoms with Gasteiger partial charge in [0.05, 0.1) is 6.04 Å². The van der Waals surface area contributed by atoms with Gasteiger partial charge in [-0.3, -0.25) is 4.68 Å². The van der Waals surface area contributed by atoms with Gasteiger partial charge in [0.15, 0.2) is 0 Å². The highest BCUT2D eigenvalue weighted by Gasteiger charge is 2.25. The van der Waals surface area contributed by atoms with Crippen LogP contribution in [0.2, 0.25) is 0 Å². The fourth-order valence-corrected chi connectivity index (χ4v) is 2.35. The Morgan fingerprint density at radius 3 is 2.74 bits per heavy atom. The van der Waals surface area contributed by atoms with Crippen molar-refractivity contribution < 1.29 is 9.53 Å². The second-order valence-electron chi connectivity index (χ2n) is 6.04. The monoisotopic (exact) mass is 265 g/mol. The van der Waals surface area contributed by atoms with Gasteiger partial charge in [-0.15, -0.1) is 0 Å². The van der Waals surface area contributed by atoms with Crippen LogP contribution in [0.5, 0.6) is 0 Å². The van der Waals surface area contributed by atoms with Crippen molar-refractivity contribution >= 4 is 6.09 Å². The molecule has 1 saturated heterocycles. The second kappa shape index (κ2) is 5.63. The van der Waals surface area contributed by atoms with Crippen molar-refractivity contribution in [1.29, 1.82) is 0 Å². The van der Waals surface area contributed by atoms with E-state index in [1.165, 1.54) is 0 Å². The van der Waals surface area contributed by atoms with E-state index in [9.17, 15) is 4.79 Å². The molecule has 1 aliphatic heterocycles. The van der Waals surface area contributed by atoms with Crippen LogP contribution in [-0.4, -0.2) is 39.5 Å². The lowest BCUT2D eigenvalue weighted by molar-refractivity contribution is 0.0255. The minimum Gasteiger partial charge on any atom is -0.444 e. The van der Waals surface area contributed by atoms with Crippen molar-refractivity contribution in [3.63, 3.8) is 0 Å². The molecular formula is C14H23N3O2. The number of carbonyl (C=O) groups excluding carboxylic acids is 1. The summed E-state index contributed by atoms with van der Waals surface area (Å²) in [5, 5.41) is 4.29. The van der Waals surface area contributed by atoms with E-state index in [0.717, 1.165) is 32.4 Å². The van der Waals surface area contributed by atoms with Crippen molar-refractivity contribution in [3.05, 3.63) is 18.5 Å². The minimum absolute atomic E-state index is 0.200. The third-order valence-electron chi connectivity index (χ3n) is 3.25. The van der Waals surface area contributed by atoms with Crippen LogP contribution in [0, 0.1) is 0 Å². The fourth-order valence-electron chi connectivity index (χ4n) is 2.35. The molecule has 0 N–H and O–H groups in total. The van der Waals surface area contributed by atoms with E-state index in [1.807, 2.05) is 42.6 Å². The highest BCUT2D eigenvalue weighted by Crippen LogP contribution is 2.22.